The Morgan fingerprint density at radius 1 is 1.45 bits per heavy atom. The highest BCUT2D eigenvalue weighted by atomic mass is 16.5. The molecule has 0 bridgehead atoms. The summed E-state index contributed by atoms with van der Waals surface area (Å²) in [6.07, 6.45) is 6.27. The predicted octanol–water partition coefficient (Wildman–Crippen LogP) is 2.91. The third kappa shape index (κ3) is 2.07. The highest BCUT2D eigenvalue weighted by molar-refractivity contribution is 5.98. The average Bonchev–Trinajstić information content (AvgIpc) is 2.95. The molecule has 1 aliphatic heterocycles. The predicted molar refractivity (Wildman–Crippen MR) is 82.2 cm³/mol. The van der Waals surface area contributed by atoms with Gasteiger partial charge in [-0.25, -0.2) is 0 Å². The van der Waals surface area contributed by atoms with E-state index in [1.807, 2.05) is 13.0 Å². The van der Waals surface area contributed by atoms with Crippen molar-refractivity contribution in [2.45, 2.75) is 46.0 Å². The first kappa shape index (κ1) is 15.7. The van der Waals surface area contributed by atoms with Gasteiger partial charge in [-0.1, -0.05) is 18.9 Å². The summed E-state index contributed by atoms with van der Waals surface area (Å²) in [6, 6.07) is 0. The van der Waals surface area contributed by atoms with Crippen molar-refractivity contribution in [3.63, 3.8) is 0 Å². The molecule has 0 aromatic carbocycles. The van der Waals surface area contributed by atoms with Crippen molar-refractivity contribution in [2.75, 3.05) is 20.3 Å². The van der Waals surface area contributed by atoms with E-state index in [-0.39, 0.29) is 28.5 Å². The second kappa shape index (κ2) is 5.48. The normalized spacial score (nSPS) is 40.7. The van der Waals surface area contributed by atoms with Crippen LogP contribution in [-0.4, -0.2) is 32.1 Å². The van der Waals surface area contributed by atoms with Crippen LogP contribution in [0.25, 0.3) is 0 Å². The second-order valence-electron chi connectivity index (χ2n) is 7.42. The SMILES string of the molecule is COC(=O)CC[C@]1(C)C(C)=CC(=O)[C@]23COC[C@H]2CCC[C@@H]31. The average molecular weight is 306 g/mol. The number of ketones is 1. The van der Waals surface area contributed by atoms with Crippen LogP contribution in [0, 0.1) is 22.7 Å². The second-order valence-corrected chi connectivity index (χ2v) is 7.42. The Labute approximate surface area is 132 Å². The first-order chi connectivity index (χ1) is 10.4. The lowest BCUT2D eigenvalue weighted by molar-refractivity contribution is -0.143. The molecule has 2 aliphatic carbocycles. The Hall–Kier alpha value is -1.16. The van der Waals surface area contributed by atoms with Crippen LogP contribution >= 0.6 is 0 Å². The van der Waals surface area contributed by atoms with Crippen LogP contribution in [0.4, 0.5) is 0 Å². The number of esters is 1. The molecule has 1 heterocycles. The van der Waals surface area contributed by atoms with E-state index >= 15 is 0 Å². The van der Waals surface area contributed by atoms with Crippen molar-refractivity contribution in [1.29, 1.82) is 0 Å². The van der Waals surface area contributed by atoms with E-state index in [4.69, 9.17) is 9.47 Å². The number of methoxy groups -OCH3 is 1. The van der Waals surface area contributed by atoms with Crippen LogP contribution < -0.4 is 0 Å². The number of hydrogen-bond acceptors (Lipinski definition) is 4. The lowest BCUT2D eigenvalue weighted by Crippen LogP contribution is -2.55. The number of hydrogen-bond donors (Lipinski definition) is 0. The van der Waals surface area contributed by atoms with E-state index in [0.29, 0.717) is 25.6 Å². The third-order valence-electron chi connectivity index (χ3n) is 6.61. The van der Waals surface area contributed by atoms with Crippen LogP contribution in [-0.2, 0) is 19.1 Å². The molecule has 1 spiro atoms. The Balaban J connectivity index is 1.97. The van der Waals surface area contributed by atoms with Crippen molar-refractivity contribution in [3.8, 4) is 0 Å². The van der Waals surface area contributed by atoms with E-state index in [9.17, 15) is 9.59 Å². The summed E-state index contributed by atoms with van der Waals surface area (Å²) in [5.74, 6) is 0.715. The Kier molecular flexibility index (Phi) is 3.92. The standard InChI is InChI=1S/C18H26O4/c1-12-9-15(19)18-11-22-10-13(18)5-4-6-14(18)17(12,2)8-7-16(20)21-3/h9,13-14H,4-8,10-11H2,1-3H3/t13-,14-,17-,18-/m1/s1. The minimum absolute atomic E-state index is 0.117. The van der Waals surface area contributed by atoms with Crippen molar-refractivity contribution >= 4 is 11.8 Å². The fourth-order valence-electron chi connectivity index (χ4n) is 5.13. The smallest absolute Gasteiger partial charge is 0.305 e. The number of rotatable bonds is 3. The Morgan fingerprint density at radius 2 is 2.23 bits per heavy atom. The van der Waals surface area contributed by atoms with Crippen molar-refractivity contribution < 1.29 is 19.1 Å². The number of ether oxygens (including phenoxy) is 2. The third-order valence-corrected chi connectivity index (χ3v) is 6.61. The summed E-state index contributed by atoms with van der Waals surface area (Å²) >= 11 is 0. The van der Waals surface area contributed by atoms with Gasteiger partial charge in [0.1, 0.15) is 0 Å². The van der Waals surface area contributed by atoms with Gasteiger partial charge in [0, 0.05) is 6.42 Å². The van der Waals surface area contributed by atoms with Crippen LogP contribution in [0.5, 0.6) is 0 Å². The van der Waals surface area contributed by atoms with Gasteiger partial charge in [0.25, 0.3) is 0 Å². The molecular formula is C18H26O4. The maximum atomic E-state index is 12.9. The van der Waals surface area contributed by atoms with Crippen molar-refractivity contribution in [2.24, 2.45) is 22.7 Å². The van der Waals surface area contributed by atoms with Gasteiger partial charge in [-0.3, -0.25) is 9.59 Å². The summed E-state index contributed by atoms with van der Waals surface area (Å²) < 4.78 is 10.6. The van der Waals surface area contributed by atoms with Gasteiger partial charge in [-0.05, 0) is 49.5 Å². The highest BCUT2D eigenvalue weighted by Gasteiger charge is 2.62. The van der Waals surface area contributed by atoms with Gasteiger partial charge in [0.2, 0.25) is 0 Å². The molecule has 4 heteroatoms. The lowest BCUT2D eigenvalue weighted by atomic mass is 9.47. The monoisotopic (exact) mass is 306 g/mol. The van der Waals surface area contributed by atoms with Crippen molar-refractivity contribution in [1.82, 2.24) is 0 Å². The van der Waals surface area contributed by atoms with Gasteiger partial charge in [0.05, 0.1) is 25.7 Å². The summed E-state index contributed by atoms with van der Waals surface area (Å²) in [5.41, 5.74) is 0.654. The maximum Gasteiger partial charge on any atom is 0.305 e. The molecule has 0 amide bonds. The molecule has 3 aliphatic rings. The molecule has 1 saturated heterocycles. The van der Waals surface area contributed by atoms with E-state index in [0.717, 1.165) is 31.3 Å². The van der Waals surface area contributed by atoms with E-state index < -0.39 is 0 Å². The van der Waals surface area contributed by atoms with E-state index in [1.165, 1.54) is 7.11 Å². The zero-order chi connectivity index (χ0) is 16.0. The summed E-state index contributed by atoms with van der Waals surface area (Å²) in [6.45, 7) is 5.53. The highest BCUT2D eigenvalue weighted by Crippen LogP contribution is 2.61. The zero-order valence-electron chi connectivity index (χ0n) is 13.8. The molecule has 0 radical (unpaired) electrons. The first-order valence-electron chi connectivity index (χ1n) is 8.33. The molecule has 0 N–H and O–H groups in total. The van der Waals surface area contributed by atoms with Crippen molar-refractivity contribution in [3.05, 3.63) is 11.6 Å². The molecule has 0 aromatic heterocycles. The number of allylic oxidation sites excluding steroid dienone is 2. The topological polar surface area (TPSA) is 52.6 Å². The zero-order valence-corrected chi connectivity index (χ0v) is 13.8. The maximum absolute atomic E-state index is 12.9. The Morgan fingerprint density at radius 3 is 2.95 bits per heavy atom. The molecule has 0 unspecified atom stereocenters. The molecule has 1 saturated carbocycles. The molecule has 122 valence electrons. The summed E-state index contributed by atoms with van der Waals surface area (Å²) in [5, 5.41) is 0. The minimum Gasteiger partial charge on any atom is -0.469 e. The molecule has 4 atom stereocenters. The van der Waals surface area contributed by atoms with Gasteiger partial charge < -0.3 is 9.47 Å². The van der Waals surface area contributed by atoms with E-state index in [1.54, 1.807) is 0 Å². The van der Waals surface area contributed by atoms with Gasteiger partial charge >= 0.3 is 5.97 Å². The molecule has 3 rings (SSSR count). The molecule has 4 nitrogen and oxygen atoms in total. The van der Waals surface area contributed by atoms with Crippen LogP contribution in [0.3, 0.4) is 0 Å². The molecule has 0 aromatic rings. The fourth-order valence-corrected chi connectivity index (χ4v) is 5.13. The lowest BCUT2D eigenvalue weighted by Gasteiger charge is -2.54. The van der Waals surface area contributed by atoms with Gasteiger partial charge in [-0.2, -0.15) is 0 Å². The fraction of sp³-hybridized carbons (Fsp3) is 0.778. The van der Waals surface area contributed by atoms with Crippen LogP contribution in [0.1, 0.15) is 46.0 Å². The van der Waals surface area contributed by atoms with Crippen LogP contribution in [0.15, 0.2) is 11.6 Å². The Bertz CT molecular complexity index is 523. The first-order valence-corrected chi connectivity index (χ1v) is 8.33. The largest absolute Gasteiger partial charge is 0.469 e. The molecule has 22 heavy (non-hydrogen) atoms. The van der Waals surface area contributed by atoms with Crippen LogP contribution in [0.2, 0.25) is 0 Å². The summed E-state index contributed by atoms with van der Waals surface area (Å²) in [7, 11) is 1.43. The minimum atomic E-state index is -0.345. The van der Waals surface area contributed by atoms with Gasteiger partial charge in [0.15, 0.2) is 5.78 Å². The quantitative estimate of drug-likeness (QED) is 0.752. The number of carbonyl (C=O) groups excluding carboxylic acids is 2. The van der Waals surface area contributed by atoms with Gasteiger partial charge in [-0.15, -0.1) is 0 Å². The number of carbonyl (C=O) groups is 2. The molecular weight excluding hydrogens is 280 g/mol. The summed E-state index contributed by atoms with van der Waals surface area (Å²) in [4.78, 5) is 24.5. The molecule has 2 fully saturated rings. The van der Waals surface area contributed by atoms with E-state index in [2.05, 4.69) is 6.92 Å².